The molecule has 0 spiro atoms. The average Bonchev–Trinajstić information content (AvgIpc) is 1.84. The van der Waals surface area contributed by atoms with Crippen molar-refractivity contribution in [2.75, 3.05) is 26.4 Å². The Bertz CT molecular complexity index is 132. The lowest BCUT2D eigenvalue weighted by molar-refractivity contribution is -0.252. The zero-order chi connectivity index (χ0) is 8.32. The molecule has 0 unspecified atom stereocenters. The molecule has 1 heterocycles. The van der Waals surface area contributed by atoms with Gasteiger partial charge in [0.1, 0.15) is 0 Å². The molecule has 0 aromatic rings. The smallest absolute Gasteiger partial charge is 0.318 e. The summed E-state index contributed by atoms with van der Waals surface area (Å²) in [7, 11) is 0. The molecule has 1 N–H and O–H groups in total. The lowest BCUT2D eigenvalue weighted by Gasteiger charge is -2.27. The highest BCUT2D eigenvalue weighted by Crippen LogP contribution is 2.17. The van der Waals surface area contributed by atoms with Gasteiger partial charge in [0.25, 0.3) is 0 Å². The molecule has 0 amide bonds. The van der Waals surface area contributed by atoms with E-state index in [1.807, 2.05) is 0 Å². The van der Waals surface area contributed by atoms with Crippen LogP contribution in [0.3, 0.4) is 0 Å². The normalized spacial score (nSPS) is 18.2. The molecule has 1 rings (SSSR count). The van der Waals surface area contributed by atoms with Crippen molar-refractivity contribution in [3.63, 3.8) is 0 Å². The first-order chi connectivity index (χ1) is 5.14. The zero-order valence-electron chi connectivity index (χ0n) is 6.36. The summed E-state index contributed by atoms with van der Waals surface area (Å²) < 4.78 is 39.6. The molecule has 1 fully saturated rings. The van der Waals surface area contributed by atoms with Gasteiger partial charge in [0.2, 0.25) is 0 Å². The molecule has 12 heavy (non-hydrogen) atoms. The Labute approximate surface area is 74.9 Å². The maximum atomic E-state index is 12.1. The number of nitrogens with one attached hydrogen (secondary N) is 1. The van der Waals surface area contributed by atoms with Crippen LogP contribution in [-0.2, 0) is 4.74 Å². The Morgan fingerprint density at radius 3 is 2.33 bits per heavy atom. The van der Waals surface area contributed by atoms with Gasteiger partial charge in [-0.2, -0.15) is 8.78 Å². The lowest BCUT2D eigenvalue weighted by atomic mass is 10.1. The fourth-order valence-electron chi connectivity index (χ4n) is 0.745. The summed E-state index contributed by atoms with van der Waals surface area (Å²) in [5.74, 6) is 0.118. The van der Waals surface area contributed by atoms with Crippen LogP contribution in [-0.4, -0.2) is 32.5 Å². The van der Waals surface area contributed by atoms with E-state index in [1.165, 1.54) is 0 Å². The summed E-state index contributed by atoms with van der Waals surface area (Å²) in [6.45, 7) is -0.443. The van der Waals surface area contributed by atoms with E-state index in [0.717, 1.165) is 0 Å². The van der Waals surface area contributed by atoms with Crippen molar-refractivity contribution in [2.45, 2.75) is 6.11 Å². The summed E-state index contributed by atoms with van der Waals surface area (Å²) >= 11 is 0. The highest BCUT2D eigenvalue weighted by atomic mass is 35.5. The lowest BCUT2D eigenvalue weighted by Crippen LogP contribution is -2.45. The van der Waals surface area contributed by atoms with Crippen LogP contribution in [0.5, 0.6) is 0 Å². The fraction of sp³-hybridized carbons (Fsp3) is 1.00. The first-order valence-electron chi connectivity index (χ1n) is 3.42. The topological polar surface area (TPSA) is 21.3 Å². The molecule has 0 aromatic carbocycles. The van der Waals surface area contributed by atoms with Crippen molar-refractivity contribution in [1.29, 1.82) is 0 Å². The van der Waals surface area contributed by atoms with Gasteiger partial charge in [0.05, 0.1) is 6.61 Å². The summed E-state index contributed by atoms with van der Waals surface area (Å²) in [6.07, 6.45) is -3.59. The molecule has 0 bridgehead atoms. The molecule has 0 atom stereocenters. The predicted molar refractivity (Wildman–Crippen MR) is 40.5 cm³/mol. The van der Waals surface area contributed by atoms with Gasteiger partial charge in [-0.25, -0.2) is 4.39 Å². The molecule has 6 heteroatoms. The van der Waals surface area contributed by atoms with Crippen molar-refractivity contribution >= 4 is 12.4 Å². The molecule has 1 aliphatic rings. The second kappa shape index (κ2) is 4.89. The van der Waals surface area contributed by atoms with Gasteiger partial charge in [-0.15, -0.1) is 12.4 Å². The van der Waals surface area contributed by atoms with Crippen LogP contribution < -0.4 is 5.32 Å². The molecule has 0 aromatic heterocycles. The van der Waals surface area contributed by atoms with Crippen LogP contribution in [0, 0.1) is 5.92 Å². The van der Waals surface area contributed by atoms with Crippen molar-refractivity contribution in [3.8, 4) is 0 Å². The number of alkyl halides is 3. The standard InChI is InChI=1S/C6H10F3NO.ClH/c7-4-6(8,9)11-3-5-1-10-2-5;/h5,10H,1-4H2;1H. The minimum Gasteiger partial charge on any atom is -0.318 e. The average molecular weight is 206 g/mol. The third-order valence-corrected chi connectivity index (χ3v) is 1.55. The summed E-state index contributed by atoms with van der Waals surface area (Å²) in [5.41, 5.74) is 0. The Hall–Kier alpha value is -0.0000000000000000416. The SMILES string of the molecule is Cl.FCC(F)(F)OCC1CNC1. The Morgan fingerprint density at radius 1 is 1.42 bits per heavy atom. The molecule has 0 radical (unpaired) electrons. The highest BCUT2D eigenvalue weighted by Gasteiger charge is 2.32. The van der Waals surface area contributed by atoms with E-state index in [2.05, 4.69) is 10.1 Å². The van der Waals surface area contributed by atoms with E-state index >= 15 is 0 Å². The molecule has 0 aliphatic carbocycles. The maximum Gasteiger partial charge on any atom is 0.384 e. The third-order valence-electron chi connectivity index (χ3n) is 1.55. The largest absolute Gasteiger partial charge is 0.384 e. The van der Waals surface area contributed by atoms with Crippen LogP contribution >= 0.6 is 12.4 Å². The van der Waals surface area contributed by atoms with Crippen molar-refractivity contribution < 1.29 is 17.9 Å². The van der Waals surface area contributed by atoms with E-state index in [4.69, 9.17) is 0 Å². The summed E-state index contributed by atoms with van der Waals surface area (Å²) in [5, 5.41) is 2.90. The Balaban J connectivity index is 0.00000121. The van der Waals surface area contributed by atoms with Crippen LogP contribution in [0.1, 0.15) is 0 Å². The van der Waals surface area contributed by atoms with E-state index in [0.29, 0.717) is 13.1 Å². The molecule has 1 saturated heterocycles. The van der Waals surface area contributed by atoms with Gasteiger partial charge in [-0.1, -0.05) is 0 Å². The van der Waals surface area contributed by atoms with Crippen molar-refractivity contribution in [1.82, 2.24) is 5.32 Å². The minimum absolute atomic E-state index is 0. The molecule has 1 aliphatic heterocycles. The van der Waals surface area contributed by atoms with Crippen LogP contribution in [0.2, 0.25) is 0 Å². The quantitative estimate of drug-likeness (QED) is 0.745. The van der Waals surface area contributed by atoms with Crippen molar-refractivity contribution in [2.24, 2.45) is 5.92 Å². The van der Waals surface area contributed by atoms with Gasteiger partial charge >= 0.3 is 6.11 Å². The monoisotopic (exact) mass is 205 g/mol. The highest BCUT2D eigenvalue weighted by molar-refractivity contribution is 5.85. The van der Waals surface area contributed by atoms with Gasteiger partial charge in [0, 0.05) is 19.0 Å². The van der Waals surface area contributed by atoms with E-state index in [1.54, 1.807) is 0 Å². The van der Waals surface area contributed by atoms with Gasteiger partial charge in [0.15, 0.2) is 6.67 Å². The van der Waals surface area contributed by atoms with Gasteiger partial charge < -0.3 is 10.1 Å². The number of hydrogen-bond acceptors (Lipinski definition) is 2. The van der Waals surface area contributed by atoms with E-state index in [-0.39, 0.29) is 24.9 Å². The second-order valence-corrected chi connectivity index (χ2v) is 2.61. The summed E-state index contributed by atoms with van der Waals surface area (Å²) in [4.78, 5) is 0. The first-order valence-corrected chi connectivity index (χ1v) is 3.42. The predicted octanol–water partition coefficient (Wildman–Crippen LogP) is 1.21. The third kappa shape index (κ3) is 3.60. The van der Waals surface area contributed by atoms with Crippen LogP contribution in [0.4, 0.5) is 13.2 Å². The van der Waals surface area contributed by atoms with Crippen LogP contribution in [0.25, 0.3) is 0 Å². The molecular formula is C6H11ClF3NO. The van der Waals surface area contributed by atoms with Gasteiger partial charge in [-0.3, -0.25) is 0 Å². The molecular weight excluding hydrogens is 195 g/mol. The number of halogens is 4. The Kier molecular flexibility index (Phi) is 4.89. The van der Waals surface area contributed by atoms with Gasteiger partial charge in [-0.05, 0) is 0 Å². The Morgan fingerprint density at radius 2 is 2.00 bits per heavy atom. The van der Waals surface area contributed by atoms with E-state index < -0.39 is 12.8 Å². The number of ether oxygens (including phenoxy) is 1. The van der Waals surface area contributed by atoms with Crippen molar-refractivity contribution in [3.05, 3.63) is 0 Å². The number of rotatable bonds is 4. The minimum atomic E-state index is -3.59. The second-order valence-electron chi connectivity index (χ2n) is 2.61. The molecule has 74 valence electrons. The zero-order valence-corrected chi connectivity index (χ0v) is 7.17. The van der Waals surface area contributed by atoms with E-state index in [9.17, 15) is 13.2 Å². The van der Waals surface area contributed by atoms with Crippen LogP contribution in [0.15, 0.2) is 0 Å². The first kappa shape index (κ1) is 12.0. The fourth-order valence-corrected chi connectivity index (χ4v) is 0.745. The summed E-state index contributed by atoms with van der Waals surface area (Å²) in [6, 6.07) is 0. The molecule has 2 nitrogen and oxygen atoms in total. The maximum absolute atomic E-state index is 12.1. The number of hydrogen-bond donors (Lipinski definition) is 1. The molecule has 0 saturated carbocycles.